The summed E-state index contributed by atoms with van der Waals surface area (Å²) in [6.07, 6.45) is 2.32. The molecule has 0 saturated heterocycles. The van der Waals surface area contributed by atoms with E-state index in [0.29, 0.717) is 29.3 Å². The number of pyridine rings is 2. The molecule has 0 aliphatic heterocycles. The van der Waals surface area contributed by atoms with Crippen LogP contribution in [0.3, 0.4) is 0 Å². The molecular weight excluding hydrogens is 441 g/mol. The van der Waals surface area contributed by atoms with Gasteiger partial charge in [-0.1, -0.05) is 30.7 Å². The van der Waals surface area contributed by atoms with Crippen molar-refractivity contribution in [3.8, 4) is 22.9 Å². The first-order chi connectivity index (χ1) is 15.1. The van der Waals surface area contributed by atoms with Crippen LogP contribution in [0, 0.1) is 5.92 Å². The van der Waals surface area contributed by atoms with E-state index in [4.69, 9.17) is 16.3 Å². The van der Waals surface area contributed by atoms with E-state index >= 15 is 0 Å². The van der Waals surface area contributed by atoms with Crippen LogP contribution in [0.4, 0.5) is 13.2 Å². The van der Waals surface area contributed by atoms with Crippen molar-refractivity contribution in [1.29, 1.82) is 0 Å². The maximum Gasteiger partial charge on any atom is 0.417 e. The van der Waals surface area contributed by atoms with Gasteiger partial charge in [0.1, 0.15) is 11.5 Å². The third-order valence-electron chi connectivity index (χ3n) is 4.52. The Morgan fingerprint density at radius 2 is 1.91 bits per heavy atom. The van der Waals surface area contributed by atoms with Gasteiger partial charge in [-0.05, 0) is 54.8 Å². The lowest BCUT2D eigenvalue weighted by molar-refractivity contribution is -0.137. The third-order valence-corrected chi connectivity index (χ3v) is 4.81. The van der Waals surface area contributed by atoms with Crippen molar-refractivity contribution in [2.24, 2.45) is 5.92 Å². The highest BCUT2D eigenvalue weighted by Crippen LogP contribution is 2.34. The molecule has 3 aromatic rings. The van der Waals surface area contributed by atoms with E-state index in [-0.39, 0.29) is 16.7 Å². The molecule has 0 spiro atoms. The van der Waals surface area contributed by atoms with Gasteiger partial charge in [0, 0.05) is 30.4 Å². The Morgan fingerprint density at radius 3 is 2.47 bits per heavy atom. The van der Waals surface area contributed by atoms with Crippen molar-refractivity contribution in [3.05, 3.63) is 77.1 Å². The summed E-state index contributed by atoms with van der Waals surface area (Å²) in [5.74, 6) is 0.968. The summed E-state index contributed by atoms with van der Waals surface area (Å²) in [6.45, 7) is 3.53. The van der Waals surface area contributed by atoms with Gasteiger partial charge < -0.3 is 9.53 Å². The van der Waals surface area contributed by atoms with Crippen LogP contribution in [0.15, 0.2) is 60.9 Å². The van der Waals surface area contributed by atoms with Crippen LogP contribution in [-0.4, -0.2) is 15.8 Å². The summed E-state index contributed by atoms with van der Waals surface area (Å²) in [5, 5.41) is 0.271. The summed E-state index contributed by atoms with van der Waals surface area (Å²) in [4.78, 5) is 19.3. The number of hydrogen-bond donors (Lipinski definition) is 0. The Balaban J connectivity index is 1.68. The highest BCUT2D eigenvalue weighted by molar-refractivity contribution is 6.32. The number of carbonyl (C=O) groups is 1. The van der Waals surface area contributed by atoms with E-state index in [2.05, 4.69) is 9.97 Å². The molecular formula is C24H20ClF3N2O2. The molecule has 0 saturated carbocycles. The second-order valence-corrected chi connectivity index (χ2v) is 7.76. The van der Waals surface area contributed by atoms with E-state index in [1.54, 1.807) is 37.4 Å². The van der Waals surface area contributed by atoms with Gasteiger partial charge in [-0.25, -0.2) is 4.98 Å². The number of aromatic nitrogens is 2. The SMILES string of the molecule is CC(=O)C[C@@H](C)/C=C/c1ccc(Oc2ccc(-c3ccc(C(F)(F)F)cn3)cc2Cl)nc1. The molecule has 2 heterocycles. The zero-order chi connectivity index (χ0) is 23.3. The number of hydrogen-bond acceptors (Lipinski definition) is 4. The van der Waals surface area contributed by atoms with Crippen molar-refractivity contribution in [3.63, 3.8) is 0 Å². The lowest BCUT2D eigenvalue weighted by atomic mass is 10.0. The van der Waals surface area contributed by atoms with Gasteiger partial charge in [-0.3, -0.25) is 4.98 Å². The van der Waals surface area contributed by atoms with Crippen LogP contribution < -0.4 is 4.74 Å². The molecule has 8 heteroatoms. The lowest BCUT2D eigenvalue weighted by Gasteiger charge is -2.10. The number of rotatable bonds is 7. The molecule has 0 aliphatic carbocycles. The quantitative estimate of drug-likeness (QED) is 0.373. The minimum Gasteiger partial charge on any atom is -0.437 e. The van der Waals surface area contributed by atoms with Crippen LogP contribution >= 0.6 is 11.6 Å². The summed E-state index contributed by atoms with van der Waals surface area (Å²) in [5.41, 5.74) is 0.969. The summed E-state index contributed by atoms with van der Waals surface area (Å²) in [6, 6.07) is 10.6. The molecule has 166 valence electrons. The number of Topliss-reactive ketones (excluding diaryl/α,β-unsaturated/α-hetero) is 1. The average molecular weight is 461 g/mol. The summed E-state index contributed by atoms with van der Waals surface area (Å²) in [7, 11) is 0. The Kier molecular flexibility index (Phi) is 7.30. The topological polar surface area (TPSA) is 52.1 Å². The maximum atomic E-state index is 12.7. The molecule has 0 amide bonds. The maximum absolute atomic E-state index is 12.7. The Labute approximate surface area is 188 Å². The number of benzene rings is 1. The first-order valence-corrected chi connectivity index (χ1v) is 10.1. The number of carbonyl (C=O) groups excluding carboxylic acids is 1. The van der Waals surface area contributed by atoms with Crippen LogP contribution in [0.5, 0.6) is 11.6 Å². The van der Waals surface area contributed by atoms with E-state index in [1.807, 2.05) is 25.1 Å². The molecule has 0 aliphatic rings. The number of alkyl halides is 3. The predicted octanol–water partition coefficient (Wildman–Crippen LogP) is 7.24. The van der Waals surface area contributed by atoms with Gasteiger partial charge in [0.2, 0.25) is 5.88 Å². The molecule has 0 N–H and O–H groups in total. The van der Waals surface area contributed by atoms with Crippen LogP contribution in [-0.2, 0) is 11.0 Å². The molecule has 3 rings (SSSR count). The number of allylic oxidation sites excluding steroid dienone is 1. The van der Waals surface area contributed by atoms with Gasteiger partial charge in [-0.15, -0.1) is 0 Å². The number of halogens is 4. The number of nitrogens with zero attached hydrogens (tertiary/aromatic N) is 2. The van der Waals surface area contributed by atoms with Crippen molar-refractivity contribution >= 4 is 23.5 Å². The van der Waals surface area contributed by atoms with Crippen molar-refractivity contribution in [1.82, 2.24) is 9.97 Å². The number of ketones is 1. The summed E-state index contributed by atoms with van der Waals surface area (Å²) < 4.78 is 43.8. The second kappa shape index (κ2) is 9.96. The highest BCUT2D eigenvalue weighted by atomic mass is 35.5. The fraction of sp³-hybridized carbons (Fsp3) is 0.208. The Hall–Kier alpha value is -3.19. The molecule has 32 heavy (non-hydrogen) atoms. The van der Waals surface area contributed by atoms with E-state index in [1.165, 1.54) is 6.07 Å². The normalized spacial score (nSPS) is 12.7. The Morgan fingerprint density at radius 1 is 1.12 bits per heavy atom. The van der Waals surface area contributed by atoms with Gasteiger partial charge in [0.15, 0.2) is 0 Å². The Bertz CT molecular complexity index is 1110. The fourth-order valence-electron chi connectivity index (χ4n) is 2.94. The van der Waals surface area contributed by atoms with E-state index < -0.39 is 11.7 Å². The van der Waals surface area contributed by atoms with E-state index in [0.717, 1.165) is 17.8 Å². The molecule has 4 nitrogen and oxygen atoms in total. The van der Waals surface area contributed by atoms with Crippen LogP contribution in [0.25, 0.3) is 17.3 Å². The van der Waals surface area contributed by atoms with Crippen LogP contribution in [0.1, 0.15) is 31.4 Å². The zero-order valence-corrected chi connectivity index (χ0v) is 18.1. The smallest absolute Gasteiger partial charge is 0.417 e. The predicted molar refractivity (Wildman–Crippen MR) is 117 cm³/mol. The van der Waals surface area contributed by atoms with Gasteiger partial charge in [0.25, 0.3) is 0 Å². The van der Waals surface area contributed by atoms with Crippen molar-refractivity contribution in [2.75, 3.05) is 0 Å². The zero-order valence-electron chi connectivity index (χ0n) is 17.4. The second-order valence-electron chi connectivity index (χ2n) is 7.35. The van der Waals surface area contributed by atoms with Gasteiger partial charge in [0.05, 0.1) is 16.3 Å². The largest absolute Gasteiger partial charge is 0.437 e. The molecule has 1 aromatic carbocycles. The third kappa shape index (κ3) is 6.40. The molecule has 2 aromatic heterocycles. The molecule has 0 unspecified atom stereocenters. The van der Waals surface area contributed by atoms with E-state index in [9.17, 15) is 18.0 Å². The molecule has 0 fully saturated rings. The minimum atomic E-state index is -4.44. The monoisotopic (exact) mass is 460 g/mol. The van der Waals surface area contributed by atoms with Crippen molar-refractivity contribution < 1.29 is 22.7 Å². The van der Waals surface area contributed by atoms with Crippen LogP contribution in [0.2, 0.25) is 5.02 Å². The fourth-order valence-corrected chi connectivity index (χ4v) is 3.15. The molecule has 0 radical (unpaired) electrons. The lowest BCUT2D eigenvalue weighted by Crippen LogP contribution is -2.05. The highest BCUT2D eigenvalue weighted by Gasteiger charge is 2.30. The summed E-state index contributed by atoms with van der Waals surface area (Å²) >= 11 is 6.29. The molecule has 1 atom stereocenters. The average Bonchev–Trinajstić information content (AvgIpc) is 2.73. The molecule has 0 bridgehead atoms. The van der Waals surface area contributed by atoms with Gasteiger partial charge in [-0.2, -0.15) is 13.2 Å². The number of ether oxygens (including phenoxy) is 1. The standard InChI is InChI=1S/C24H20ClF3N2O2/c1-15(11-16(2)31)3-4-17-5-10-23(30-13-17)32-22-9-6-18(12-20(22)25)21-8-7-19(14-29-21)24(26,27)28/h3-10,12-15H,11H2,1-2H3/b4-3+/t15-/m0/s1. The first kappa shape index (κ1) is 23.5. The first-order valence-electron chi connectivity index (χ1n) is 9.76. The van der Waals surface area contributed by atoms with Crippen molar-refractivity contribution in [2.45, 2.75) is 26.4 Å². The minimum absolute atomic E-state index is 0.139. The van der Waals surface area contributed by atoms with Gasteiger partial charge >= 0.3 is 6.18 Å².